The highest BCUT2D eigenvalue weighted by Crippen LogP contribution is 2.27. The van der Waals surface area contributed by atoms with Crippen LogP contribution in [0.4, 0.5) is 5.95 Å². The van der Waals surface area contributed by atoms with Gasteiger partial charge in [0.25, 0.3) is 0 Å². The lowest BCUT2D eigenvalue weighted by molar-refractivity contribution is -0.119. The van der Waals surface area contributed by atoms with E-state index in [-0.39, 0.29) is 12.3 Å². The molecule has 1 aromatic heterocycles. The summed E-state index contributed by atoms with van der Waals surface area (Å²) in [5.74, 6) is 1.85. The Morgan fingerprint density at radius 1 is 0.909 bits per heavy atom. The van der Waals surface area contributed by atoms with E-state index in [0.717, 1.165) is 22.5 Å². The number of hydrogen-bond acceptors (Lipinski definition) is 6. The van der Waals surface area contributed by atoms with E-state index in [4.69, 9.17) is 9.47 Å². The second-order valence-electron chi connectivity index (χ2n) is 7.48. The van der Waals surface area contributed by atoms with Crippen molar-refractivity contribution >= 4 is 17.8 Å². The third-order valence-corrected chi connectivity index (χ3v) is 4.80. The highest BCUT2D eigenvalue weighted by molar-refractivity contribution is 6.03. The lowest BCUT2D eigenvalue weighted by Crippen LogP contribution is -2.37. The molecule has 2 N–H and O–H groups in total. The number of amides is 1. The fraction of sp³-hybridized carbons (Fsp3) is 0.280. The van der Waals surface area contributed by atoms with E-state index in [0.29, 0.717) is 36.4 Å². The largest absolute Gasteiger partial charge is 0.493 e. The van der Waals surface area contributed by atoms with Crippen LogP contribution in [0.2, 0.25) is 0 Å². The number of guanidine groups is 1. The molecule has 0 saturated carbocycles. The zero-order valence-electron chi connectivity index (χ0n) is 19.4. The van der Waals surface area contributed by atoms with Gasteiger partial charge in [0, 0.05) is 17.9 Å². The van der Waals surface area contributed by atoms with Crippen LogP contribution in [0.25, 0.3) is 0 Å². The molecule has 0 spiro atoms. The van der Waals surface area contributed by atoms with E-state index in [9.17, 15) is 4.79 Å². The number of carbonyl (C=O) groups excluding carboxylic acids is 1. The van der Waals surface area contributed by atoms with Crippen LogP contribution in [0.1, 0.15) is 22.5 Å². The van der Waals surface area contributed by atoms with E-state index >= 15 is 0 Å². The first-order valence-electron chi connectivity index (χ1n) is 10.6. The third-order valence-electron chi connectivity index (χ3n) is 4.80. The average molecular weight is 448 g/mol. The van der Waals surface area contributed by atoms with Crippen molar-refractivity contribution in [1.29, 1.82) is 0 Å². The summed E-state index contributed by atoms with van der Waals surface area (Å²) in [6.07, 6.45) is 0.888. The molecule has 172 valence electrons. The van der Waals surface area contributed by atoms with Gasteiger partial charge >= 0.3 is 0 Å². The van der Waals surface area contributed by atoms with Crippen LogP contribution >= 0.6 is 0 Å². The summed E-state index contributed by atoms with van der Waals surface area (Å²) in [6, 6.07) is 17.2. The summed E-state index contributed by atoms with van der Waals surface area (Å²) in [4.78, 5) is 26.0. The Balaban J connectivity index is 1.73. The summed E-state index contributed by atoms with van der Waals surface area (Å²) in [7, 11) is 3.21. The van der Waals surface area contributed by atoms with Crippen molar-refractivity contribution in [3.8, 4) is 11.5 Å². The van der Waals surface area contributed by atoms with Crippen molar-refractivity contribution in [1.82, 2.24) is 15.3 Å². The lowest BCUT2D eigenvalue weighted by atomic mass is 10.1. The van der Waals surface area contributed by atoms with Crippen LogP contribution < -0.4 is 20.1 Å². The van der Waals surface area contributed by atoms with E-state index in [1.807, 2.05) is 68.4 Å². The highest BCUT2D eigenvalue weighted by Gasteiger charge is 2.10. The van der Waals surface area contributed by atoms with Crippen molar-refractivity contribution < 1.29 is 14.3 Å². The Morgan fingerprint density at radius 2 is 1.61 bits per heavy atom. The highest BCUT2D eigenvalue weighted by atomic mass is 16.5. The normalized spacial score (nSPS) is 11.1. The Labute approximate surface area is 194 Å². The van der Waals surface area contributed by atoms with Gasteiger partial charge in [-0.05, 0) is 49.6 Å². The molecule has 3 rings (SSSR count). The van der Waals surface area contributed by atoms with E-state index in [1.54, 1.807) is 14.2 Å². The maximum Gasteiger partial charge on any atom is 0.231 e. The summed E-state index contributed by atoms with van der Waals surface area (Å²) >= 11 is 0. The summed E-state index contributed by atoms with van der Waals surface area (Å²) in [6.45, 7) is 4.22. The molecule has 0 radical (unpaired) electrons. The molecule has 0 saturated heterocycles. The average Bonchev–Trinajstić information content (AvgIpc) is 2.78. The van der Waals surface area contributed by atoms with Gasteiger partial charge in [0.2, 0.25) is 17.8 Å². The molecular formula is C25H29N5O3. The zero-order valence-corrected chi connectivity index (χ0v) is 19.4. The number of anilines is 1. The molecule has 2 aromatic carbocycles. The number of nitrogens with one attached hydrogen (secondary N) is 2. The number of benzene rings is 2. The maximum atomic E-state index is 12.6. The maximum absolute atomic E-state index is 12.6. The van der Waals surface area contributed by atoms with E-state index in [2.05, 4.69) is 25.6 Å². The lowest BCUT2D eigenvalue weighted by Gasteiger charge is -2.12. The van der Waals surface area contributed by atoms with Crippen LogP contribution in [-0.2, 0) is 17.6 Å². The van der Waals surface area contributed by atoms with Crippen molar-refractivity contribution in [3.63, 3.8) is 0 Å². The topological polar surface area (TPSA) is 97.7 Å². The smallest absolute Gasteiger partial charge is 0.231 e. The van der Waals surface area contributed by atoms with E-state index in [1.165, 1.54) is 0 Å². The minimum atomic E-state index is -0.178. The van der Waals surface area contributed by atoms with Gasteiger partial charge in [-0.1, -0.05) is 36.4 Å². The standard InChI is InChI=1S/C25H29N5O3/c1-17-14-18(2)28-25(27-17)30-24(29-23(31)16-19-8-6-5-7-9-19)26-13-12-20-10-11-21(32-3)22(15-20)33-4/h5-11,14-15H,12-13,16H2,1-4H3,(H2,26,27,28,29,30,31). The van der Waals surface area contributed by atoms with Gasteiger partial charge in [-0.25, -0.2) is 9.97 Å². The molecule has 8 nitrogen and oxygen atoms in total. The van der Waals surface area contributed by atoms with Crippen molar-refractivity contribution in [2.75, 3.05) is 26.1 Å². The number of aromatic nitrogens is 2. The fourth-order valence-electron chi connectivity index (χ4n) is 3.29. The zero-order chi connectivity index (χ0) is 23.6. The Kier molecular flexibility index (Phi) is 8.35. The first kappa shape index (κ1) is 23.7. The van der Waals surface area contributed by atoms with Crippen LogP contribution in [0.5, 0.6) is 11.5 Å². The number of rotatable bonds is 8. The van der Waals surface area contributed by atoms with Gasteiger partial charge < -0.3 is 9.47 Å². The van der Waals surface area contributed by atoms with Crippen LogP contribution in [0.15, 0.2) is 59.6 Å². The molecule has 0 bridgehead atoms. The van der Waals surface area contributed by atoms with Gasteiger partial charge in [0.05, 0.1) is 20.6 Å². The quantitative estimate of drug-likeness (QED) is 0.405. The molecule has 0 fully saturated rings. The van der Waals surface area contributed by atoms with Gasteiger partial charge in [0.15, 0.2) is 11.5 Å². The number of nitrogens with zero attached hydrogens (tertiary/aromatic N) is 3. The molecule has 1 amide bonds. The minimum Gasteiger partial charge on any atom is -0.493 e. The second kappa shape index (κ2) is 11.6. The molecule has 33 heavy (non-hydrogen) atoms. The SMILES string of the molecule is COc1ccc(CCN=C(NC(=O)Cc2ccccc2)Nc2nc(C)cc(C)n2)cc1OC. The predicted molar refractivity (Wildman–Crippen MR) is 129 cm³/mol. The van der Waals surface area contributed by atoms with Gasteiger partial charge in [-0.15, -0.1) is 0 Å². The molecule has 0 atom stereocenters. The van der Waals surface area contributed by atoms with Crippen LogP contribution in [-0.4, -0.2) is 42.6 Å². The fourth-order valence-corrected chi connectivity index (χ4v) is 3.29. The van der Waals surface area contributed by atoms with Crippen LogP contribution in [0, 0.1) is 13.8 Å². The monoisotopic (exact) mass is 447 g/mol. The molecule has 0 unspecified atom stereocenters. The van der Waals surface area contributed by atoms with Gasteiger partial charge in [-0.3, -0.25) is 20.4 Å². The number of aliphatic imine (C=N–C) groups is 1. The summed E-state index contributed by atoms with van der Waals surface area (Å²) in [5.41, 5.74) is 3.60. The molecule has 3 aromatic rings. The molecule has 0 aliphatic carbocycles. The van der Waals surface area contributed by atoms with Crippen molar-refractivity contribution in [2.24, 2.45) is 4.99 Å². The molecular weight excluding hydrogens is 418 g/mol. The van der Waals surface area contributed by atoms with E-state index < -0.39 is 0 Å². The second-order valence-corrected chi connectivity index (χ2v) is 7.48. The number of carbonyl (C=O) groups is 1. The first-order chi connectivity index (χ1) is 16.0. The van der Waals surface area contributed by atoms with Crippen molar-refractivity contribution in [2.45, 2.75) is 26.7 Å². The van der Waals surface area contributed by atoms with Crippen molar-refractivity contribution in [3.05, 3.63) is 77.1 Å². The first-order valence-corrected chi connectivity index (χ1v) is 10.6. The molecule has 0 aliphatic rings. The molecule has 1 heterocycles. The number of ether oxygens (including phenoxy) is 2. The summed E-state index contributed by atoms with van der Waals surface area (Å²) < 4.78 is 10.7. The molecule has 0 aliphatic heterocycles. The third kappa shape index (κ3) is 7.31. The van der Waals surface area contributed by atoms with Gasteiger partial charge in [-0.2, -0.15) is 0 Å². The Morgan fingerprint density at radius 3 is 2.27 bits per heavy atom. The number of methoxy groups -OCH3 is 2. The number of aryl methyl sites for hydroxylation is 2. The Hall–Kier alpha value is -3.94. The number of hydrogen-bond donors (Lipinski definition) is 2. The minimum absolute atomic E-state index is 0.178. The Bertz CT molecular complexity index is 1100. The van der Waals surface area contributed by atoms with Crippen LogP contribution in [0.3, 0.4) is 0 Å². The molecule has 8 heteroatoms. The van der Waals surface area contributed by atoms with Gasteiger partial charge in [0.1, 0.15) is 0 Å². The predicted octanol–water partition coefficient (Wildman–Crippen LogP) is 3.48. The summed E-state index contributed by atoms with van der Waals surface area (Å²) in [5, 5.41) is 5.91.